The Hall–Kier alpha value is -3.11. The lowest BCUT2D eigenvalue weighted by Crippen LogP contribution is -2.17. The van der Waals surface area contributed by atoms with E-state index in [1.54, 1.807) is 30.5 Å². The number of hydrazone groups is 1. The highest BCUT2D eigenvalue weighted by molar-refractivity contribution is 6.33. The molecule has 0 radical (unpaired) electrons. The third kappa shape index (κ3) is 4.68. The zero-order valence-corrected chi connectivity index (χ0v) is 14.1. The fourth-order valence-electron chi connectivity index (χ4n) is 2.21. The highest BCUT2D eigenvalue weighted by atomic mass is 35.5. The van der Waals surface area contributed by atoms with Gasteiger partial charge >= 0.3 is 0 Å². The number of carbonyl (C=O) groups is 1. The molecule has 0 aliphatic rings. The maximum absolute atomic E-state index is 12.0. The van der Waals surface area contributed by atoms with E-state index in [1.165, 1.54) is 0 Å². The first-order valence-electron chi connectivity index (χ1n) is 7.72. The molecule has 0 saturated heterocycles. The first-order valence-corrected chi connectivity index (χ1v) is 8.10. The van der Waals surface area contributed by atoms with Crippen molar-refractivity contribution in [3.05, 3.63) is 95.0 Å². The molecule has 0 heterocycles. The second kappa shape index (κ2) is 8.13. The smallest absolute Gasteiger partial charge is 0.272 e. The third-order valence-electron chi connectivity index (χ3n) is 3.47. The molecule has 2 N–H and O–H groups in total. The molecule has 0 aromatic heterocycles. The topological polar surface area (TPSA) is 53.5 Å². The number of carbonyl (C=O) groups excluding carboxylic acids is 1. The molecule has 4 nitrogen and oxygen atoms in total. The van der Waals surface area contributed by atoms with Crippen LogP contribution < -0.4 is 10.7 Å². The van der Waals surface area contributed by atoms with Crippen LogP contribution in [0.15, 0.2) is 84.0 Å². The lowest BCUT2D eigenvalue weighted by molar-refractivity contribution is 0.0955. The largest absolute Gasteiger partial charge is 0.356 e. The Morgan fingerprint density at radius 2 is 1.48 bits per heavy atom. The summed E-state index contributed by atoms with van der Waals surface area (Å²) in [6.45, 7) is 0. The van der Waals surface area contributed by atoms with Crippen LogP contribution in [0, 0.1) is 0 Å². The lowest BCUT2D eigenvalue weighted by atomic mass is 10.2. The van der Waals surface area contributed by atoms with E-state index >= 15 is 0 Å². The monoisotopic (exact) mass is 349 g/mol. The van der Waals surface area contributed by atoms with E-state index in [9.17, 15) is 4.79 Å². The molecule has 0 bridgehead atoms. The summed E-state index contributed by atoms with van der Waals surface area (Å²) in [6.07, 6.45) is 1.58. The second-order valence-electron chi connectivity index (χ2n) is 5.29. The lowest BCUT2D eigenvalue weighted by Gasteiger charge is -2.06. The molecule has 0 atom stereocenters. The Kier molecular flexibility index (Phi) is 5.44. The van der Waals surface area contributed by atoms with Crippen molar-refractivity contribution >= 4 is 35.1 Å². The number of nitrogens with zero attached hydrogens (tertiary/aromatic N) is 1. The molecular formula is C20H16ClN3O. The van der Waals surface area contributed by atoms with Gasteiger partial charge in [0.05, 0.1) is 16.8 Å². The van der Waals surface area contributed by atoms with Crippen molar-refractivity contribution in [1.29, 1.82) is 0 Å². The number of benzene rings is 3. The summed E-state index contributed by atoms with van der Waals surface area (Å²) in [5.74, 6) is -0.343. The van der Waals surface area contributed by atoms with Crippen LogP contribution in [0.25, 0.3) is 0 Å². The predicted octanol–water partition coefficient (Wildman–Crippen LogP) is 4.85. The van der Waals surface area contributed by atoms with Crippen molar-refractivity contribution in [3.63, 3.8) is 0 Å². The van der Waals surface area contributed by atoms with Crippen LogP contribution in [-0.2, 0) is 0 Å². The Balaban J connectivity index is 1.59. The molecule has 3 aromatic carbocycles. The molecule has 0 fully saturated rings. The Labute approximate surface area is 151 Å². The van der Waals surface area contributed by atoms with Crippen molar-refractivity contribution in [2.75, 3.05) is 5.32 Å². The van der Waals surface area contributed by atoms with E-state index in [2.05, 4.69) is 15.8 Å². The molecule has 0 spiro atoms. The summed E-state index contributed by atoms with van der Waals surface area (Å²) in [5.41, 5.74) is 5.74. The Morgan fingerprint density at radius 3 is 2.20 bits per heavy atom. The molecule has 0 aliphatic carbocycles. The van der Waals surface area contributed by atoms with E-state index in [0.29, 0.717) is 10.6 Å². The van der Waals surface area contributed by atoms with E-state index in [-0.39, 0.29) is 5.91 Å². The molecule has 5 heteroatoms. The van der Waals surface area contributed by atoms with E-state index in [0.717, 1.165) is 16.9 Å². The predicted molar refractivity (Wildman–Crippen MR) is 103 cm³/mol. The minimum absolute atomic E-state index is 0.343. The molecular weight excluding hydrogens is 334 g/mol. The summed E-state index contributed by atoms with van der Waals surface area (Å²) in [4.78, 5) is 12.0. The molecule has 124 valence electrons. The van der Waals surface area contributed by atoms with Gasteiger partial charge in [-0.2, -0.15) is 5.10 Å². The second-order valence-corrected chi connectivity index (χ2v) is 5.70. The van der Waals surface area contributed by atoms with Gasteiger partial charge in [0, 0.05) is 11.4 Å². The molecule has 0 saturated carbocycles. The van der Waals surface area contributed by atoms with Gasteiger partial charge in [-0.1, -0.05) is 54.1 Å². The number of amides is 1. The highest BCUT2D eigenvalue weighted by Gasteiger charge is 2.07. The molecule has 3 aromatic rings. The van der Waals surface area contributed by atoms with Crippen LogP contribution in [0.3, 0.4) is 0 Å². The average molecular weight is 350 g/mol. The minimum Gasteiger partial charge on any atom is -0.356 e. The van der Waals surface area contributed by atoms with Crippen LogP contribution in [-0.4, -0.2) is 12.1 Å². The molecule has 25 heavy (non-hydrogen) atoms. The maximum atomic E-state index is 12.0. The average Bonchev–Trinajstić information content (AvgIpc) is 2.64. The van der Waals surface area contributed by atoms with Crippen LogP contribution in [0.4, 0.5) is 11.4 Å². The van der Waals surface area contributed by atoms with Gasteiger partial charge in [0.25, 0.3) is 5.91 Å². The number of halogens is 1. The van der Waals surface area contributed by atoms with E-state index in [4.69, 9.17) is 11.6 Å². The van der Waals surface area contributed by atoms with Crippen molar-refractivity contribution in [3.8, 4) is 0 Å². The SMILES string of the molecule is O=C(N/N=C/c1ccc(Nc2ccccc2)cc1)c1ccccc1Cl. The number of rotatable bonds is 5. The zero-order chi connectivity index (χ0) is 17.5. The standard InChI is InChI=1S/C20H16ClN3O/c21-19-9-5-4-8-18(19)20(25)24-22-14-15-10-12-17(13-11-15)23-16-6-2-1-3-7-16/h1-14,23H,(H,24,25)/b22-14+. The number of hydrogen-bond donors (Lipinski definition) is 2. The summed E-state index contributed by atoms with van der Waals surface area (Å²) < 4.78 is 0. The van der Waals surface area contributed by atoms with Crippen molar-refractivity contribution in [2.24, 2.45) is 5.10 Å². The first-order chi connectivity index (χ1) is 12.2. The number of para-hydroxylation sites is 1. The van der Waals surface area contributed by atoms with Crippen molar-refractivity contribution < 1.29 is 4.79 Å². The summed E-state index contributed by atoms with van der Waals surface area (Å²) in [7, 11) is 0. The van der Waals surface area contributed by atoms with Gasteiger partial charge in [-0.3, -0.25) is 4.79 Å². The summed E-state index contributed by atoms with van der Waals surface area (Å²) in [5, 5.41) is 7.67. The number of anilines is 2. The van der Waals surface area contributed by atoms with Crippen LogP contribution in [0.2, 0.25) is 5.02 Å². The van der Waals surface area contributed by atoms with Crippen molar-refractivity contribution in [2.45, 2.75) is 0 Å². The Morgan fingerprint density at radius 1 is 0.840 bits per heavy atom. The van der Waals surface area contributed by atoms with Gasteiger partial charge < -0.3 is 5.32 Å². The summed E-state index contributed by atoms with van der Waals surface area (Å²) in [6, 6.07) is 24.5. The summed E-state index contributed by atoms with van der Waals surface area (Å²) >= 11 is 5.98. The van der Waals surface area contributed by atoms with E-state index < -0.39 is 0 Å². The normalized spacial score (nSPS) is 10.6. The quantitative estimate of drug-likeness (QED) is 0.511. The van der Waals surface area contributed by atoms with Gasteiger partial charge in [-0.25, -0.2) is 5.43 Å². The van der Waals surface area contributed by atoms with Crippen LogP contribution in [0.5, 0.6) is 0 Å². The van der Waals surface area contributed by atoms with Gasteiger partial charge in [0.15, 0.2) is 0 Å². The maximum Gasteiger partial charge on any atom is 0.272 e. The number of hydrogen-bond acceptors (Lipinski definition) is 3. The minimum atomic E-state index is -0.343. The number of nitrogens with one attached hydrogen (secondary N) is 2. The molecule has 1 amide bonds. The van der Waals surface area contributed by atoms with Crippen LogP contribution in [0.1, 0.15) is 15.9 Å². The Bertz CT molecular complexity index is 877. The fourth-order valence-corrected chi connectivity index (χ4v) is 2.43. The van der Waals surface area contributed by atoms with Gasteiger partial charge in [0.2, 0.25) is 0 Å². The molecule has 3 rings (SSSR count). The van der Waals surface area contributed by atoms with Gasteiger partial charge in [-0.15, -0.1) is 0 Å². The van der Waals surface area contributed by atoms with E-state index in [1.807, 2.05) is 54.6 Å². The third-order valence-corrected chi connectivity index (χ3v) is 3.80. The van der Waals surface area contributed by atoms with Gasteiger partial charge in [-0.05, 0) is 42.0 Å². The zero-order valence-electron chi connectivity index (χ0n) is 13.3. The highest BCUT2D eigenvalue weighted by Crippen LogP contribution is 2.16. The first kappa shape index (κ1) is 16.7. The van der Waals surface area contributed by atoms with Crippen LogP contribution >= 0.6 is 11.6 Å². The molecule has 0 unspecified atom stereocenters. The van der Waals surface area contributed by atoms with Crippen molar-refractivity contribution in [1.82, 2.24) is 5.43 Å². The van der Waals surface area contributed by atoms with Gasteiger partial charge in [0.1, 0.15) is 0 Å². The fraction of sp³-hybridized carbons (Fsp3) is 0. The molecule has 0 aliphatic heterocycles.